The first-order valence-corrected chi connectivity index (χ1v) is 5.80. The van der Waals surface area contributed by atoms with Crippen LogP contribution in [0.15, 0.2) is 30.3 Å². The number of anilines is 2. The van der Waals surface area contributed by atoms with Crippen LogP contribution in [0.3, 0.4) is 0 Å². The molecule has 0 amide bonds. The maximum absolute atomic E-state index is 13.6. The van der Waals surface area contributed by atoms with Gasteiger partial charge in [0.15, 0.2) is 11.6 Å². The molecule has 0 bridgehead atoms. The van der Waals surface area contributed by atoms with Crippen molar-refractivity contribution >= 4 is 28.6 Å². The number of hydrogen-bond acceptors (Lipinski definition) is 2. The first-order chi connectivity index (χ1) is 9.38. The Balaban J connectivity index is 2.33. The van der Waals surface area contributed by atoms with Crippen LogP contribution < -0.4 is 11.1 Å². The van der Waals surface area contributed by atoms with Gasteiger partial charge >= 0.3 is 0 Å². The van der Waals surface area contributed by atoms with Crippen LogP contribution in [0.25, 0.3) is 0 Å². The molecule has 7 heteroatoms. The maximum Gasteiger partial charge on any atom is 0.161 e. The van der Waals surface area contributed by atoms with Crippen molar-refractivity contribution in [1.82, 2.24) is 0 Å². The Morgan fingerprint density at radius 3 is 2.15 bits per heavy atom. The first kappa shape index (κ1) is 14.3. The summed E-state index contributed by atoms with van der Waals surface area (Å²) in [6.45, 7) is 0. The van der Waals surface area contributed by atoms with E-state index in [1.807, 2.05) is 0 Å². The lowest BCUT2D eigenvalue weighted by molar-refractivity contribution is 0.496. The van der Waals surface area contributed by atoms with Crippen molar-refractivity contribution in [2.24, 2.45) is 5.73 Å². The van der Waals surface area contributed by atoms with E-state index in [0.717, 1.165) is 6.07 Å². The SMILES string of the molecule is NC(=S)c1ccc(Nc2cc(F)c(F)cc2F)cc1F. The molecule has 104 valence electrons. The molecule has 0 heterocycles. The minimum absolute atomic E-state index is 0.0382. The smallest absolute Gasteiger partial charge is 0.161 e. The number of halogens is 4. The van der Waals surface area contributed by atoms with E-state index in [0.29, 0.717) is 12.1 Å². The molecule has 0 radical (unpaired) electrons. The molecule has 3 N–H and O–H groups in total. The second-order valence-corrected chi connectivity index (χ2v) is 4.37. The fourth-order valence-electron chi connectivity index (χ4n) is 1.57. The summed E-state index contributed by atoms with van der Waals surface area (Å²) >= 11 is 4.64. The summed E-state index contributed by atoms with van der Waals surface area (Å²) in [6.07, 6.45) is 0. The van der Waals surface area contributed by atoms with E-state index in [1.54, 1.807) is 0 Å². The zero-order valence-electron chi connectivity index (χ0n) is 9.88. The van der Waals surface area contributed by atoms with Gasteiger partial charge in [-0.3, -0.25) is 0 Å². The van der Waals surface area contributed by atoms with Gasteiger partial charge in [-0.25, -0.2) is 17.6 Å². The summed E-state index contributed by atoms with van der Waals surface area (Å²) in [5.41, 5.74) is 5.17. The molecule has 0 saturated carbocycles. The summed E-state index contributed by atoms with van der Waals surface area (Å²) in [4.78, 5) is -0.118. The van der Waals surface area contributed by atoms with Crippen LogP contribution in [-0.2, 0) is 0 Å². The van der Waals surface area contributed by atoms with Crippen molar-refractivity contribution < 1.29 is 17.6 Å². The fourth-order valence-corrected chi connectivity index (χ4v) is 1.73. The molecule has 0 aromatic heterocycles. The Morgan fingerprint density at radius 2 is 1.55 bits per heavy atom. The minimum Gasteiger partial charge on any atom is -0.389 e. The number of benzene rings is 2. The zero-order valence-corrected chi connectivity index (χ0v) is 10.7. The minimum atomic E-state index is -1.30. The van der Waals surface area contributed by atoms with Crippen molar-refractivity contribution in [3.8, 4) is 0 Å². The van der Waals surface area contributed by atoms with Crippen molar-refractivity contribution in [1.29, 1.82) is 0 Å². The Morgan fingerprint density at radius 1 is 0.900 bits per heavy atom. The normalized spacial score (nSPS) is 10.4. The highest BCUT2D eigenvalue weighted by molar-refractivity contribution is 7.80. The van der Waals surface area contributed by atoms with Gasteiger partial charge in [-0.1, -0.05) is 12.2 Å². The molecular weight excluding hydrogens is 292 g/mol. The highest BCUT2D eigenvalue weighted by Crippen LogP contribution is 2.24. The number of hydrogen-bond donors (Lipinski definition) is 2. The van der Waals surface area contributed by atoms with E-state index in [4.69, 9.17) is 5.73 Å². The number of rotatable bonds is 3. The molecule has 0 saturated heterocycles. The molecule has 20 heavy (non-hydrogen) atoms. The van der Waals surface area contributed by atoms with Gasteiger partial charge < -0.3 is 11.1 Å². The second-order valence-electron chi connectivity index (χ2n) is 3.93. The fraction of sp³-hybridized carbons (Fsp3) is 0. The van der Waals surface area contributed by atoms with E-state index in [1.165, 1.54) is 12.1 Å². The lowest BCUT2D eigenvalue weighted by atomic mass is 10.2. The number of nitrogens with two attached hydrogens (primary N) is 1. The van der Waals surface area contributed by atoms with Crippen LogP contribution in [-0.4, -0.2) is 4.99 Å². The van der Waals surface area contributed by atoms with E-state index >= 15 is 0 Å². The largest absolute Gasteiger partial charge is 0.389 e. The quantitative estimate of drug-likeness (QED) is 0.516. The van der Waals surface area contributed by atoms with Crippen LogP contribution >= 0.6 is 12.2 Å². The van der Waals surface area contributed by atoms with Gasteiger partial charge in [0.1, 0.15) is 16.6 Å². The van der Waals surface area contributed by atoms with Crippen molar-refractivity contribution in [2.45, 2.75) is 0 Å². The third-order valence-corrected chi connectivity index (χ3v) is 2.74. The maximum atomic E-state index is 13.6. The lowest BCUT2D eigenvalue weighted by Crippen LogP contribution is -2.11. The van der Waals surface area contributed by atoms with Gasteiger partial charge in [0.2, 0.25) is 0 Å². The van der Waals surface area contributed by atoms with Crippen LogP contribution in [0.5, 0.6) is 0 Å². The number of thiocarbonyl (C=S) groups is 1. The summed E-state index contributed by atoms with van der Waals surface area (Å²) in [6, 6.07) is 4.76. The Labute approximate surface area is 117 Å². The zero-order chi connectivity index (χ0) is 14.9. The molecule has 2 rings (SSSR count). The molecule has 0 fully saturated rings. The summed E-state index contributed by atoms with van der Waals surface area (Å²) in [5, 5.41) is 2.44. The standard InChI is InChI=1S/C13H8F4N2S/c14-8-3-6(1-2-7(8)13(18)20)19-12-5-10(16)9(15)4-11(12)17/h1-5,19H,(H2,18,20). The summed E-state index contributed by atoms with van der Waals surface area (Å²) in [5.74, 6) is -4.22. The molecule has 0 unspecified atom stereocenters. The van der Waals surface area contributed by atoms with Crippen LogP contribution in [0.2, 0.25) is 0 Å². The summed E-state index contributed by atoms with van der Waals surface area (Å²) < 4.78 is 52.8. The molecule has 0 aliphatic heterocycles. The first-order valence-electron chi connectivity index (χ1n) is 5.39. The van der Waals surface area contributed by atoms with E-state index in [-0.39, 0.29) is 21.9 Å². The summed E-state index contributed by atoms with van der Waals surface area (Å²) in [7, 11) is 0. The molecular formula is C13H8F4N2S. The van der Waals surface area contributed by atoms with Crippen molar-refractivity contribution in [2.75, 3.05) is 5.32 Å². The molecule has 0 atom stereocenters. The van der Waals surface area contributed by atoms with E-state index in [2.05, 4.69) is 17.5 Å². The highest BCUT2D eigenvalue weighted by atomic mass is 32.1. The van der Waals surface area contributed by atoms with Crippen molar-refractivity contribution in [3.63, 3.8) is 0 Å². The van der Waals surface area contributed by atoms with E-state index < -0.39 is 23.3 Å². The van der Waals surface area contributed by atoms with Crippen molar-refractivity contribution in [3.05, 3.63) is 59.2 Å². The third kappa shape index (κ3) is 2.88. The Kier molecular flexibility index (Phi) is 3.89. The highest BCUT2D eigenvalue weighted by Gasteiger charge is 2.11. The molecule has 2 aromatic rings. The lowest BCUT2D eigenvalue weighted by Gasteiger charge is -2.09. The predicted octanol–water partition coefficient (Wildman–Crippen LogP) is 3.62. The Bertz CT molecular complexity index is 688. The average Bonchev–Trinajstić information content (AvgIpc) is 2.35. The van der Waals surface area contributed by atoms with Gasteiger partial charge in [-0.2, -0.15) is 0 Å². The van der Waals surface area contributed by atoms with Gasteiger partial charge in [0.25, 0.3) is 0 Å². The molecule has 0 aliphatic rings. The molecule has 0 spiro atoms. The van der Waals surface area contributed by atoms with Gasteiger partial charge in [-0.05, 0) is 18.2 Å². The predicted molar refractivity (Wildman–Crippen MR) is 71.9 cm³/mol. The average molecular weight is 300 g/mol. The third-order valence-electron chi connectivity index (χ3n) is 2.52. The number of nitrogens with one attached hydrogen (secondary N) is 1. The van der Waals surface area contributed by atoms with Crippen LogP contribution in [0, 0.1) is 23.3 Å². The van der Waals surface area contributed by atoms with Gasteiger partial charge in [0, 0.05) is 23.4 Å². The van der Waals surface area contributed by atoms with Crippen LogP contribution in [0.4, 0.5) is 28.9 Å². The van der Waals surface area contributed by atoms with Crippen LogP contribution in [0.1, 0.15) is 5.56 Å². The van der Waals surface area contributed by atoms with E-state index in [9.17, 15) is 17.6 Å². The van der Waals surface area contributed by atoms with Gasteiger partial charge in [-0.15, -0.1) is 0 Å². The topological polar surface area (TPSA) is 38.0 Å². The molecule has 2 nitrogen and oxygen atoms in total. The molecule has 2 aromatic carbocycles. The second kappa shape index (κ2) is 5.46. The van der Waals surface area contributed by atoms with Gasteiger partial charge in [0.05, 0.1) is 5.69 Å². The molecule has 0 aliphatic carbocycles. The monoisotopic (exact) mass is 300 g/mol. The Hall–Kier alpha value is -2.15.